The van der Waals surface area contributed by atoms with Crippen molar-refractivity contribution in [3.8, 4) is 0 Å². The molecule has 1 amide bonds. The van der Waals surface area contributed by atoms with Gasteiger partial charge in [0.05, 0.1) is 6.42 Å². The number of hydrogen-bond donors (Lipinski definition) is 0. The van der Waals surface area contributed by atoms with Gasteiger partial charge in [-0.05, 0) is 43.5 Å². The van der Waals surface area contributed by atoms with Crippen LogP contribution in [0.4, 0.5) is 0 Å². The topological polar surface area (TPSA) is 37.4 Å². The molecule has 1 aromatic rings. The zero-order chi connectivity index (χ0) is 13.7. The summed E-state index contributed by atoms with van der Waals surface area (Å²) in [6.07, 6.45) is 0.791. The van der Waals surface area contributed by atoms with Gasteiger partial charge in [0.2, 0.25) is 5.91 Å². The Labute approximate surface area is 116 Å². The van der Waals surface area contributed by atoms with Crippen molar-refractivity contribution in [2.45, 2.75) is 26.7 Å². The molecular weight excluding hydrogens is 294 g/mol. The van der Waals surface area contributed by atoms with Crippen molar-refractivity contribution < 1.29 is 9.59 Å². The summed E-state index contributed by atoms with van der Waals surface area (Å²) in [5, 5.41) is 0. The van der Waals surface area contributed by atoms with E-state index >= 15 is 0 Å². The number of rotatable bonds is 5. The molecule has 1 rings (SSSR count). The lowest BCUT2D eigenvalue weighted by Crippen LogP contribution is -2.30. The molecule has 18 heavy (non-hydrogen) atoms. The highest BCUT2D eigenvalue weighted by atomic mass is 79.9. The van der Waals surface area contributed by atoms with Gasteiger partial charge in [-0.15, -0.1) is 0 Å². The summed E-state index contributed by atoms with van der Waals surface area (Å²) < 4.78 is 1.04. The first-order valence-corrected chi connectivity index (χ1v) is 6.68. The van der Waals surface area contributed by atoms with Gasteiger partial charge in [-0.2, -0.15) is 0 Å². The van der Waals surface area contributed by atoms with Crippen LogP contribution >= 0.6 is 15.9 Å². The molecule has 0 atom stereocenters. The van der Waals surface area contributed by atoms with E-state index in [0.717, 1.165) is 10.9 Å². The molecule has 0 heterocycles. The summed E-state index contributed by atoms with van der Waals surface area (Å²) in [6.45, 7) is 4.12. The zero-order valence-electron chi connectivity index (χ0n) is 11.0. The number of ketones is 1. The molecule has 0 aromatic heterocycles. The van der Waals surface area contributed by atoms with Crippen molar-refractivity contribution in [1.82, 2.24) is 4.90 Å². The Morgan fingerprint density at radius 2 is 2.00 bits per heavy atom. The molecule has 0 spiro atoms. The summed E-state index contributed by atoms with van der Waals surface area (Å²) in [4.78, 5) is 24.1. The summed E-state index contributed by atoms with van der Waals surface area (Å²) in [5.41, 5.74) is 2.43. The van der Waals surface area contributed by atoms with Gasteiger partial charge in [-0.25, -0.2) is 0 Å². The Morgan fingerprint density at radius 3 is 2.61 bits per heavy atom. The number of carbonyl (C=O) groups is 2. The van der Waals surface area contributed by atoms with Crippen molar-refractivity contribution in [3.63, 3.8) is 0 Å². The Morgan fingerprint density at radius 1 is 1.33 bits per heavy atom. The smallest absolute Gasteiger partial charge is 0.229 e. The van der Waals surface area contributed by atoms with Gasteiger partial charge in [-0.1, -0.05) is 22.0 Å². The van der Waals surface area contributed by atoms with Gasteiger partial charge in [0, 0.05) is 18.1 Å². The van der Waals surface area contributed by atoms with Crippen LogP contribution in [0.3, 0.4) is 0 Å². The molecule has 0 aliphatic rings. The van der Waals surface area contributed by atoms with Crippen LogP contribution in [0.15, 0.2) is 22.7 Å². The number of amides is 1. The van der Waals surface area contributed by atoms with E-state index in [-0.39, 0.29) is 18.1 Å². The maximum absolute atomic E-state index is 11.6. The van der Waals surface area contributed by atoms with E-state index < -0.39 is 0 Å². The number of carbonyl (C=O) groups excluding carboxylic acids is 2. The molecule has 3 nitrogen and oxygen atoms in total. The minimum absolute atomic E-state index is 0.00599. The minimum Gasteiger partial charge on any atom is -0.345 e. The molecule has 0 aliphatic carbocycles. The second-order valence-corrected chi connectivity index (χ2v) is 5.43. The molecule has 98 valence electrons. The first-order chi connectivity index (χ1) is 8.40. The molecule has 0 radical (unpaired) electrons. The van der Waals surface area contributed by atoms with Crippen LogP contribution in [0, 0.1) is 6.92 Å². The van der Waals surface area contributed by atoms with E-state index in [1.165, 1.54) is 18.1 Å². The lowest BCUT2D eigenvalue weighted by molar-refractivity contribution is -0.133. The lowest BCUT2D eigenvalue weighted by atomic mass is 10.1. The molecule has 0 aliphatic heterocycles. The number of Topliss-reactive ketones (excluding diaryl/α,β-unsaturated/α-hetero) is 1. The number of benzene rings is 1. The van der Waals surface area contributed by atoms with Crippen LogP contribution in [0.5, 0.6) is 0 Å². The van der Waals surface area contributed by atoms with E-state index in [1.54, 1.807) is 11.9 Å². The quantitative estimate of drug-likeness (QED) is 0.784. The van der Waals surface area contributed by atoms with Gasteiger partial charge in [-0.3, -0.25) is 9.59 Å². The average molecular weight is 312 g/mol. The Hall–Kier alpha value is -1.16. The van der Waals surface area contributed by atoms with Crippen molar-refractivity contribution in [2.75, 3.05) is 13.6 Å². The lowest BCUT2D eigenvalue weighted by Gasteiger charge is -2.17. The largest absolute Gasteiger partial charge is 0.345 e. The highest BCUT2D eigenvalue weighted by Gasteiger charge is 2.11. The summed E-state index contributed by atoms with van der Waals surface area (Å²) >= 11 is 3.44. The van der Waals surface area contributed by atoms with Crippen molar-refractivity contribution >= 4 is 27.6 Å². The van der Waals surface area contributed by atoms with Gasteiger partial charge in [0.15, 0.2) is 0 Å². The Bertz CT molecular complexity index is 457. The molecule has 0 fully saturated rings. The van der Waals surface area contributed by atoms with Crippen LogP contribution in [0.2, 0.25) is 0 Å². The zero-order valence-corrected chi connectivity index (χ0v) is 12.6. The second kappa shape index (κ2) is 6.69. The first kappa shape index (κ1) is 14.9. The van der Waals surface area contributed by atoms with Crippen LogP contribution in [0.1, 0.15) is 24.5 Å². The van der Waals surface area contributed by atoms with Crippen molar-refractivity contribution in [2.24, 2.45) is 0 Å². The first-order valence-electron chi connectivity index (χ1n) is 5.88. The standard InChI is InChI=1S/C14H18BrNO2/c1-10-4-5-13(15)9-12(10)6-7-16(3)14(18)8-11(2)17/h4-5,9H,6-8H2,1-3H3. The Balaban J connectivity index is 2.57. The summed E-state index contributed by atoms with van der Waals surface area (Å²) in [5.74, 6) is -0.208. The van der Waals surface area contributed by atoms with E-state index in [2.05, 4.69) is 35.0 Å². The number of aryl methyl sites for hydroxylation is 1. The second-order valence-electron chi connectivity index (χ2n) is 4.51. The van der Waals surface area contributed by atoms with Crippen LogP contribution in [-0.2, 0) is 16.0 Å². The maximum Gasteiger partial charge on any atom is 0.229 e. The molecule has 0 saturated carbocycles. The van der Waals surface area contributed by atoms with Crippen LogP contribution in [0.25, 0.3) is 0 Å². The van der Waals surface area contributed by atoms with Crippen LogP contribution in [-0.4, -0.2) is 30.2 Å². The number of likely N-dealkylation sites (N-methyl/N-ethyl adjacent to an activating group) is 1. The SMILES string of the molecule is CC(=O)CC(=O)N(C)CCc1cc(Br)ccc1C. The molecule has 0 saturated heterocycles. The van der Waals surface area contributed by atoms with Gasteiger partial charge in [0.1, 0.15) is 5.78 Å². The third kappa shape index (κ3) is 4.61. The van der Waals surface area contributed by atoms with Crippen molar-refractivity contribution in [1.29, 1.82) is 0 Å². The van der Waals surface area contributed by atoms with E-state index in [9.17, 15) is 9.59 Å². The normalized spacial score (nSPS) is 10.2. The Kier molecular flexibility index (Phi) is 5.54. The minimum atomic E-state index is -0.116. The fourth-order valence-corrected chi connectivity index (χ4v) is 2.08. The van der Waals surface area contributed by atoms with E-state index in [0.29, 0.717) is 6.54 Å². The highest BCUT2D eigenvalue weighted by Crippen LogP contribution is 2.16. The van der Waals surface area contributed by atoms with Gasteiger partial charge < -0.3 is 4.90 Å². The van der Waals surface area contributed by atoms with E-state index in [4.69, 9.17) is 0 Å². The molecular formula is C14H18BrNO2. The molecule has 0 bridgehead atoms. The van der Waals surface area contributed by atoms with Crippen molar-refractivity contribution in [3.05, 3.63) is 33.8 Å². The predicted octanol–water partition coefficient (Wildman–Crippen LogP) is 2.74. The fraction of sp³-hybridized carbons (Fsp3) is 0.429. The third-order valence-corrected chi connectivity index (χ3v) is 3.35. The summed E-state index contributed by atoms with van der Waals surface area (Å²) in [7, 11) is 1.73. The molecule has 1 aromatic carbocycles. The number of nitrogens with zero attached hydrogens (tertiary/aromatic N) is 1. The number of halogens is 1. The highest BCUT2D eigenvalue weighted by molar-refractivity contribution is 9.10. The fourth-order valence-electron chi connectivity index (χ4n) is 1.67. The number of hydrogen-bond acceptors (Lipinski definition) is 2. The predicted molar refractivity (Wildman–Crippen MR) is 75.5 cm³/mol. The van der Waals surface area contributed by atoms with Gasteiger partial charge in [0.25, 0.3) is 0 Å². The monoisotopic (exact) mass is 311 g/mol. The van der Waals surface area contributed by atoms with E-state index in [1.807, 2.05) is 6.07 Å². The molecule has 0 unspecified atom stereocenters. The van der Waals surface area contributed by atoms with Crippen LogP contribution < -0.4 is 0 Å². The average Bonchev–Trinajstić information content (AvgIpc) is 2.29. The maximum atomic E-state index is 11.6. The third-order valence-electron chi connectivity index (χ3n) is 2.85. The summed E-state index contributed by atoms with van der Waals surface area (Å²) in [6, 6.07) is 6.12. The molecule has 4 heteroatoms. The van der Waals surface area contributed by atoms with Gasteiger partial charge >= 0.3 is 0 Å². The molecule has 0 N–H and O–H groups in total.